The molecule has 3 rings (SSSR count). The van der Waals surface area contributed by atoms with E-state index in [1.807, 2.05) is 25.1 Å². The van der Waals surface area contributed by atoms with E-state index in [-0.39, 0.29) is 5.92 Å². The number of thiazole rings is 1. The van der Waals surface area contributed by atoms with Gasteiger partial charge in [0.05, 0.1) is 25.5 Å². The van der Waals surface area contributed by atoms with Gasteiger partial charge >= 0.3 is 10.3 Å². The van der Waals surface area contributed by atoms with Gasteiger partial charge < -0.3 is 25.4 Å². The van der Waals surface area contributed by atoms with Crippen LogP contribution in [0.1, 0.15) is 31.4 Å². The second kappa shape index (κ2) is 11.1. The monoisotopic (exact) mass is 515 g/mol. The molecule has 0 bridgehead atoms. The smallest absolute Gasteiger partial charge is 0.362 e. The summed E-state index contributed by atoms with van der Waals surface area (Å²) in [5.74, 6) is -0.504. The fraction of sp³-hybridized carbons (Fsp3) is 0.524. The number of nitrogens with two attached hydrogens (primary N) is 1. The van der Waals surface area contributed by atoms with E-state index < -0.39 is 53.3 Å². The maximum atomic E-state index is 12.1. The number of nitrogens with zero attached hydrogens (tertiary/aromatic N) is 1. The van der Waals surface area contributed by atoms with Crippen LogP contribution >= 0.6 is 11.3 Å². The Morgan fingerprint density at radius 1 is 1.32 bits per heavy atom. The van der Waals surface area contributed by atoms with Crippen molar-refractivity contribution in [1.82, 2.24) is 9.71 Å². The summed E-state index contributed by atoms with van der Waals surface area (Å²) in [6, 6.07) is 6.27. The van der Waals surface area contributed by atoms with Crippen LogP contribution in [0.2, 0.25) is 0 Å². The number of amides is 1. The van der Waals surface area contributed by atoms with Crippen molar-refractivity contribution in [2.45, 2.75) is 50.7 Å². The summed E-state index contributed by atoms with van der Waals surface area (Å²) in [7, 11) is -2.95. The number of hydrogen-bond donors (Lipinski definition) is 4. The van der Waals surface area contributed by atoms with Crippen molar-refractivity contribution in [2.24, 2.45) is 11.7 Å². The van der Waals surface area contributed by atoms with Crippen LogP contribution < -0.4 is 15.2 Å². The minimum atomic E-state index is -4.50. The van der Waals surface area contributed by atoms with Gasteiger partial charge in [0, 0.05) is 10.9 Å². The molecule has 1 amide bonds. The van der Waals surface area contributed by atoms with Crippen molar-refractivity contribution in [3.8, 4) is 17.0 Å². The van der Waals surface area contributed by atoms with E-state index >= 15 is 0 Å². The summed E-state index contributed by atoms with van der Waals surface area (Å²) < 4.78 is 41.9. The lowest BCUT2D eigenvalue weighted by molar-refractivity contribution is -0.121. The molecule has 1 aliphatic heterocycles. The number of aromatic nitrogens is 1. The van der Waals surface area contributed by atoms with E-state index in [0.29, 0.717) is 22.9 Å². The van der Waals surface area contributed by atoms with E-state index in [2.05, 4.69) is 4.98 Å². The lowest BCUT2D eigenvalue weighted by Gasteiger charge is -2.18. The Kier molecular flexibility index (Phi) is 8.62. The van der Waals surface area contributed by atoms with Crippen molar-refractivity contribution >= 4 is 27.5 Å². The van der Waals surface area contributed by atoms with Crippen LogP contribution in [0.3, 0.4) is 0 Å². The van der Waals surface area contributed by atoms with Crippen molar-refractivity contribution in [3.63, 3.8) is 0 Å². The third kappa shape index (κ3) is 5.92. The number of para-hydroxylation sites is 1. The lowest BCUT2D eigenvalue weighted by atomic mass is 10.00. The highest BCUT2D eigenvalue weighted by molar-refractivity contribution is 7.85. The lowest BCUT2D eigenvalue weighted by Crippen LogP contribution is -2.47. The van der Waals surface area contributed by atoms with Gasteiger partial charge in [-0.05, 0) is 18.1 Å². The molecular weight excluding hydrogens is 486 g/mol. The molecule has 1 saturated heterocycles. The van der Waals surface area contributed by atoms with Crippen LogP contribution in [0.4, 0.5) is 0 Å². The van der Waals surface area contributed by atoms with Gasteiger partial charge in [0.15, 0.2) is 0 Å². The van der Waals surface area contributed by atoms with Gasteiger partial charge in [-0.25, -0.2) is 9.71 Å². The molecule has 1 aliphatic rings. The Balaban J connectivity index is 1.64. The first-order chi connectivity index (χ1) is 16.1. The third-order valence-electron chi connectivity index (χ3n) is 5.68. The maximum Gasteiger partial charge on any atom is 0.362 e. The largest absolute Gasteiger partial charge is 0.496 e. The van der Waals surface area contributed by atoms with Crippen LogP contribution in [0.25, 0.3) is 11.3 Å². The van der Waals surface area contributed by atoms with Crippen LogP contribution in [0.15, 0.2) is 29.6 Å². The number of aliphatic hydroxyl groups is 2. The van der Waals surface area contributed by atoms with Gasteiger partial charge in [-0.15, -0.1) is 11.3 Å². The summed E-state index contributed by atoms with van der Waals surface area (Å²) in [6.45, 7) is 2.92. The number of ether oxygens (including phenoxy) is 2. The first-order valence-electron chi connectivity index (χ1n) is 10.6. The number of benzene rings is 1. The minimum absolute atomic E-state index is 0.231. The van der Waals surface area contributed by atoms with E-state index in [0.717, 1.165) is 5.56 Å². The zero-order chi connectivity index (χ0) is 25.0. The average molecular weight is 516 g/mol. The van der Waals surface area contributed by atoms with Gasteiger partial charge in [0.1, 0.15) is 35.2 Å². The van der Waals surface area contributed by atoms with Gasteiger partial charge in [-0.3, -0.25) is 8.98 Å². The normalized spacial score (nSPS) is 24.5. The number of rotatable bonds is 10. The molecule has 188 valence electrons. The summed E-state index contributed by atoms with van der Waals surface area (Å²) in [5.41, 5.74) is 7.09. The first kappa shape index (κ1) is 26.5. The molecule has 34 heavy (non-hydrogen) atoms. The van der Waals surface area contributed by atoms with Crippen molar-refractivity contribution in [1.29, 1.82) is 0 Å². The number of carbonyl (C=O) groups excluding carboxylic acids is 1. The van der Waals surface area contributed by atoms with E-state index in [1.165, 1.54) is 11.3 Å². The summed E-state index contributed by atoms with van der Waals surface area (Å²) in [6.07, 6.45) is -4.37. The Hall–Kier alpha value is -2.13. The molecule has 1 aromatic heterocycles. The van der Waals surface area contributed by atoms with Gasteiger partial charge in [0.2, 0.25) is 0 Å². The van der Waals surface area contributed by atoms with Gasteiger partial charge in [-0.1, -0.05) is 32.4 Å². The number of nitrogens with one attached hydrogen (secondary N) is 1. The highest BCUT2D eigenvalue weighted by atomic mass is 32.2. The second-order valence-electron chi connectivity index (χ2n) is 7.96. The Labute approximate surface area is 202 Å². The summed E-state index contributed by atoms with van der Waals surface area (Å²) >= 11 is 1.22. The van der Waals surface area contributed by atoms with Crippen molar-refractivity contribution in [2.75, 3.05) is 13.7 Å². The molecule has 13 heteroatoms. The molecular formula is C21H29N3O8S2. The second-order valence-corrected chi connectivity index (χ2v) is 10.2. The molecule has 11 nitrogen and oxygen atoms in total. The molecule has 0 aliphatic carbocycles. The van der Waals surface area contributed by atoms with Crippen LogP contribution in [0.5, 0.6) is 5.75 Å². The maximum absolute atomic E-state index is 12.1. The number of hydrogen-bond acceptors (Lipinski definition) is 11. The summed E-state index contributed by atoms with van der Waals surface area (Å²) in [5, 5.41) is 23.0. The molecule has 5 N–H and O–H groups in total. The molecule has 1 aromatic carbocycles. The quantitative estimate of drug-likeness (QED) is 0.354. The van der Waals surface area contributed by atoms with E-state index in [4.69, 9.17) is 19.4 Å². The molecule has 1 fully saturated rings. The molecule has 1 unspecified atom stereocenters. The van der Waals surface area contributed by atoms with Gasteiger partial charge in [0.25, 0.3) is 5.91 Å². The first-order valence-corrected chi connectivity index (χ1v) is 12.9. The average Bonchev–Trinajstić information content (AvgIpc) is 3.41. The fourth-order valence-corrected chi connectivity index (χ4v) is 5.03. The van der Waals surface area contributed by atoms with Crippen LogP contribution in [-0.2, 0) is 24.0 Å². The number of carbonyl (C=O) groups is 1. The zero-order valence-electron chi connectivity index (χ0n) is 19.0. The minimum Gasteiger partial charge on any atom is -0.496 e. The van der Waals surface area contributed by atoms with Crippen LogP contribution in [0, 0.1) is 5.92 Å². The predicted molar refractivity (Wildman–Crippen MR) is 124 cm³/mol. The fourth-order valence-electron chi connectivity index (χ4n) is 3.38. The van der Waals surface area contributed by atoms with E-state index in [1.54, 1.807) is 30.2 Å². The Morgan fingerprint density at radius 2 is 2.03 bits per heavy atom. The Morgan fingerprint density at radius 3 is 2.71 bits per heavy atom. The molecule has 0 saturated carbocycles. The topological polar surface area (TPSA) is 170 Å². The summed E-state index contributed by atoms with van der Waals surface area (Å²) in [4.78, 5) is 16.5. The number of aliphatic hydroxyl groups excluding tert-OH is 2. The number of methoxy groups -OCH3 is 1. The molecule has 0 radical (unpaired) electrons. The van der Waals surface area contributed by atoms with Crippen LogP contribution in [-0.4, -0.2) is 67.6 Å². The SMILES string of the molecule is CCC(C)[C@H](N)C(=O)NS(=O)(=O)OC[C@H]1O[C@@H](c2nc(-c3ccccc3OC)cs2)[C@H](O)[C@@H]1O. The van der Waals surface area contributed by atoms with Crippen molar-refractivity contribution < 1.29 is 37.1 Å². The molecule has 2 aromatic rings. The molecule has 6 atom stereocenters. The third-order valence-corrected chi connectivity index (χ3v) is 7.49. The molecule has 0 spiro atoms. The van der Waals surface area contributed by atoms with Crippen molar-refractivity contribution in [3.05, 3.63) is 34.7 Å². The highest BCUT2D eigenvalue weighted by Gasteiger charge is 2.45. The zero-order valence-corrected chi connectivity index (χ0v) is 20.6. The predicted octanol–water partition coefficient (Wildman–Crippen LogP) is 0.731. The van der Waals surface area contributed by atoms with Gasteiger partial charge in [-0.2, -0.15) is 8.42 Å². The van der Waals surface area contributed by atoms with E-state index in [9.17, 15) is 23.4 Å². The standard InChI is InChI=1S/C21H29N3O8S2/c1-4-11(2)16(22)20(27)24-34(28,29)31-9-15-17(25)18(26)19(32-15)21-23-13(10-33-21)12-7-5-6-8-14(12)30-3/h5-8,10-11,15-19,25-26H,4,9,22H2,1-3H3,(H,24,27)/t11?,15-,16+,17-,18-,19-/m1/s1. The molecule has 2 heterocycles. The highest BCUT2D eigenvalue weighted by Crippen LogP contribution is 2.38. The Bertz CT molecular complexity index is 1090.